The Hall–Kier alpha value is -2.23. The highest BCUT2D eigenvalue weighted by atomic mass is 19.1. The number of halogens is 1. The van der Waals surface area contributed by atoms with Crippen LogP contribution >= 0.6 is 0 Å². The van der Waals surface area contributed by atoms with Gasteiger partial charge in [-0.1, -0.05) is 18.2 Å². The molecule has 2 aromatic rings. The fraction of sp³-hybridized carbons (Fsp3) is 0.250. The smallest absolute Gasteiger partial charge is 0.162 e. The average molecular weight is 275 g/mol. The van der Waals surface area contributed by atoms with Gasteiger partial charge in [0, 0.05) is 23.4 Å². The van der Waals surface area contributed by atoms with Gasteiger partial charge in [0.25, 0.3) is 0 Å². The second-order valence-electron chi connectivity index (χ2n) is 4.46. The Morgan fingerprint density at radius 1 is 1.20 bits per heavy atom. The van der Waals surface area contributed by atoms with E-state index in [0.29, 0.717) is 35.7 Å². The van der Waals surface area contributed by atoms with Gasteiger partial charge in [-0.15, -0.1) is 0 Å². The van der Waals surface area contributed by atoms with Crippen molar-refractivity contribution in [3.8, 4) is 11.5 Å². The molecule has 0 aromatic heterocycles. The summed E-state index contributed by atoms with van der Waals surface area (Å²) in [5.41, 5.74) is 1.98. The Labute approximate surface area is 118 Å². The molecular weight excluding hydrogens is 257 g/mol. The molecule has 2 N–H and O–H groups in total. The first kappa shape index (κ1) is 14.2. The van der Waals surface area contributed by atoms with Gasteiger partial charge in [-0.25, -0.2) is 4.39 Å². The minimum absolute atomic E-state index is 0.121. The molecule has 2 rings (SSSR count). The summed E-state index contributed by atoms with van der Waals surface area (Å²) >= 11 is 0. The Morgan fingerprint density at radius 2 is 1.95 bits per heavy atom. The molecule has 0 amide bonds. The van der Waals surface area contributed by atoms with Crippen LogP contribution in [0, 0.1) is 12.7 Å². The van der Waals surface area contributed by atoms with Gasteiger partial charge in [-0.3, -0.25) is 0 Å². The van der Waals surface area contributed by atoms with E-state index >= 15 is 0 Å². The largest absolute Gasteiger partial charge is 0.504 e. The number of hydrogen-bond acceptors (Lipinski definition) is 3. The van der Waals surface area contributed by atoms with E-state index in [4.69, 9.17) is 4.74 Å². The fourth-order valence-electron chi connectivity index (χ4n) is 1.97. The lowest BCUT2D eigenvalue weighted by atomic mass is 10.1. The molecule has 0 unspecified atom stereocenters. The second-order valence-corrected chi connectivity index (χ2v) is 4.46. The van der Waals surface area contributed by atoms with E-state index in [9.17, 15) is 9.50 Å². The highest BCUT2D eigenvalue weighted by Gasteiger charge is 2.09. The van der Waals surface area contributed by atoms with Gasteiger partial charge in [-0.05, 0) is 32.0 Å². The van der Waals surface area contributed by atoms with Crippen LogP contribution in [0.5, 0.6) is 11.5 Å². The summed E-state index contributed by atoms with van der Waals surface area (Å²) in [6, 6.07) is 10.2. The molecule has 0 bridgehead atoms. The van der Waals surface area contributed by atoms with Crippen molar-refractivity contribution in [2.75, 3.05) is 11.9 Å². The first-order valence-corrected chi connectivity index (χ1v) is 6.56. The number of phenolic OH excluding ortho intramolecular Hbond substituents is 1. The first-order valence-electron chi connectivity index (χ1n) is 6.56. The maximum absolute atomic E-state index is 13.4. The third kappa shape index (κ3) is 3.02. The quantitative estimate of drug-likeness (QED) is 0.871. The van der Waals surface area contributed by atoms with Gasteiger partial charge in [0.1, 0.15) is 5.82 Å². The molecule has 0 radical (unpaired) electrons. The van der Waals surface area contributed by atoms with Crippen LogP contribution < -0.4 is 10.1 Å². The van der Waals surface area contributed by atoms with Crippen molar-refractivity contribution in [2.45, 2.75) is 20.4 Å². The summed E-state index contributed by atoms with van der Waals surface area (Å²) in [7, 11) is 0. The number of hydrogen-bond donors (Lipinski definition) is 2. The van der Waals surface area contributed by atoms with E-state index < -0.39 is 0 Å². The molecule has 106 valence electrons. The molecule has 0 saturated carbocycles. The number of nitrogens with one attached hydrogen (secondary N) is 1. The van der Waals surface area contributed by atoms with E-state index in [1.165, 1.54) is 6.07 Å². The van der Waals surface area contributed by atoms with Crippen molar-refractivity contribution < 1.29 is 14.2 Å². The van der Waals surface area contributed by atoms with Crippen LogP contribution in [0.15, 0.2) is 36.4 Å². The summed E-state index contributed by atoms with van der Waals surface area (Å²) < 4.78 is 18.8. The summed E-state index contributed by atoms with van der Waals surface area (Å²) in [4.78, 5) is 0. The van der Waals surface area contributed by atoms with Crippen molar-refractivity contribution in [1.29, 1.82) is 0 Å². The van der Waals surface area contributed by atoms with E-state index in [1.54, 1.807) is 25.1 Å². The molecule has 0 aliphatic carbocycles. The van der Waals surface area contributed by atoms with Crippen LogP contribution in [0.2, 0.25) is 0 Å². The molecule has 0 heterocycles. The molecule has 4 heteroatoms. The number of anilines is 1. The van der Waals surface area contributed by atoms with Crippen LogP contribution in [-0.4, -0.2) is 11.7 Å². The lowest BCUT2D eigenvalue weighted by Gasteiger charge is -2.13. The van der Waals surface area contributed by atoms with E-state index in [1.807, 2.05) is 19.1 Å². The standard InChI is InChI=1S/C16H18FNO2/c1-3-20-15-9-4-6-12(16(15)19)10-18-14-8-5-7-13(17)11(14)2/h4-9,18-19H,3,10H2,1-2H3. The molecule has 0 spiro atoms. The molecule has 0 aliphatic heterocycles. The number of ether oxygens (including phenoxy) is 1. The van der Waals surface area contributed by atoms with Crippen LogP contribution in [0.4, 0.5) is 10.1 Å². The monoisotopic (exact) mass is 275 g/mol. The average Bonchev–Trinajstić information content (AvgIpc) is 2.44. The van der Waals surface area contributed by atoms with Gasteiger partial charge < -0.3 is 15.2 Å². The molecular formula is C16H18FNO2. The highest BCUT2D eigenvalue weighted by molar-refractivity contribution is 5.53. The summed E-state index contributed by atoms with van der Waals surface area (Å²) in [5, 5.41) is 13.2. The van der Waals surface area contributed by atoms with Crippen LogP contribution in [0.25, 0.3) is 0 Å². The van der Waals surface area contributed by atoms with Crippen molar-refractivity contribution in [1.82, 2.24) is 0 Å². The Morgan fingerprint density at radius 3 is 2.70 bits per heavy atom. The molecule has 20 heavy (non-hydrogen) atoms. The highest BCUT2D eigenvalue weighted by Crippen LogP contribution is 2.30. The fourth-order valence-corrected chi connectivity index (χ4v) is 1.97. The molecule has 2 aromatic carbocycles. The van der Waals surface area contributed by atoms with Crippen LogP contribution in [0.3, 0.4) is 0 Å². The summed E-state index contributed by atoms with van der Waals surface area (Å²) in [5.74, 6) is 0.334. The minimum atomic E-state index is -0.248. The second kappa shape index (κ2) is 6.28. The van der Waals surface area contributed by atoms with Crippen molar-refractivity contribution >= 4 is 5.69 Å². The summed E-state index contributed by atoms with van der Waals surface area (Å²) in [6.45, 7) is 4.47. The third-order valence-electron chi connectivity index (χ3n) is 3.12. The third-order valence-corrected chi connectivity index (χ3v) is 3.12. The zero-order valence-corrected chi connectivity index (χ0v) is 11.6. The van der Waals surface area contributed by atoms with Gasteiger partial charge in [-0.2, -0.15) is 0 Å². The molecule has 0 atom stereocenters. The van der Waals surface area contributed by atoms with Crippen molar-refractivity contribution in [3.63, 3.8) is 0 Å². The predicted molar refractivity (Wildman–Crippen MR) is 77.7 cm³/mol. The Balaban J connectivity index is 2.15. The molecule has 3 nitrogen and oxygen atoms in total. The predicted octanol–water partition coefficient (Wildman–Crippen LogP) is 3.85. The van der Waals surface area contributed by atoms with Gasteiger partial charge >= 0.3 is 0 Å². The number of para-hydroxylation sites is 1. The SMILES string of the molecule is CCOc1cccc(CNc2cccc(F)c2C)c1O. The number of benzene rings is 2. The van der Waals surface area contributed by atoms with Gasteiger partial charge in [0.05, 0.1) is 6.61 Å². The topological polar surface area (TPSA) is 41.5 Å². The zero-order chi connectivity index (χ0) is 14.5. The Kier molecular flexibility index (Phi) is 4.45. The lowest BCUT2D eigenvalue weighted by Crippen LogP contribution is -2.03. The van der Waals surface area contributed by atoms with E-state index in [-0.39, 0.29) is 11.6 Å². The maximum atomic E-state index is 13.4. The van der Waals surface area contributed by atoms with Crippen molar-refractivity contribution in [3.05, 3.63) is 53.3 Å². The lowest BCUT2D eigenvalue weighted by molar-refractivity contribution is 0.317. The van der Waals surface area contributed by atoms with E-state index in [2.05, 4.69) is 5.32 Å². The Bertz CT molecular complexity index is 599. The van der Waals surface area contributed by atoms with Crippen LogP contribution in [0.1, 0.15) is 18.1 Å². The number of phenols is 1. The van der Waals surface area contributed by atoms with Crippen molar-refractivity contribution in [2.24, 2.45) is 0 Å². The van der Waals surface area contributed by atoms with E-state index in [0.717, 1.165) is 0 Å². The summed E-state index contributed by atoms with van der Waals surface area (Å²) in [6.07, 6.45) is 0. The maximum Gasteiger partial charge on any atom is 0.162 e. The molecule has 0 aliphatic rings. The zero-order valence-electron chi connectivity index (χ0n) is 11.6. The van der Waals surface area contributed by atoms with Gasteiger partial charge in [0.15, 0.2) is 11.5 Å². The normalized spacial score (nSPS) is 10.3. The number of rotatable bonds is 5. The molecule has 0 fully saturated rings. The minimum Gasteiger partial charge on any atom is -0.504 e. The first-order chi connectivity index (χ1) is 9.63. The number of aromatic hydroxyl groups is 1. The molecule has 0 saturated heterocycles. The van der Waals surface area contributed by atoms with Crippen LogP contribution in [-0.2, 0) is 6.54 Å². The van der Waals surface area contributed by atoms with Gasteiger partial charge in [0.2, 0.25) is 0 Å².